The second kappa shape index (κ2) is 7.49. The molecule has 2 aromatic carbocycles. The molecule has 3 unspecified atom stereocenters. The number of nitrogens with one attached hydrogen (secondary N) is 1. The predicted octanol–water partition coefficient (Wildman–Crippen LogP) is 3.61. The molecule has 32 heavy (non-hydrogen) atoms. The molecule has 0 saturated carbocycles. The Morgan fingerprint density at radius 3 is 2.88 bits per heavy atom. The smallest absolute Gasteiger partial charge is 0.268 e. The van der Waals surface area contributed by atoms with Gasteiger partial charge in [0.15, 0.2) is 5.65 Å². The summed E-state index contributed by atoms with van der Waals surface area (Å²) in [5.41, 5.74) is 3.02. The quantitative estimate of drug-likeness (QED) is 0.537. The summed E-state index contributed by atoms with van der Waals surface area (Å²) < 4.78 is 15.0. The molecule has 2 bridgehead atoms. The maximum atomic E-state index is 15.0. The van der Waals surface area contributed by atoms with Crippen molar-refractivity contribution in [3.05, 3.63) is 78.0 Å². The standard InChI is InChI=1S/C24H21FN6O/c25-20-11-16(6-7-19(20)22-28-21-13-26-14-27-23(21)29-22)24(32)31-17-8-9-30(31)18(12-17)10-15-4-2-1-3-5-15/h1-7,11,13-14,17-18H,8-10,12H2,(H,26,27,28,29). The zero-order chi connectivity index (χ0) is 21.7. The first-order chi connectivity index (χ1) is 15.7. The minimum atomic E-state index is -0.495. The summed E-state index contributed by atoms with van der Waals surface area (Å²) in [5, 5.41) is 4.02. The van der Waals surface area contributed by atoms with Crippen LogP contribution in [0.25, 0.3) is 22.6 Å². The van der Waals surface area contributed by atoms with Crippen molar-refractivity contribution >= 4 is 17.1 Å². The Morgan fingerprint density at radius 2 is 2.06 bits per heavy atom. The lowest BCUT2D eigenvalue weighted by Gasteiger charge is -2.28. The summed E-state index contributed by atoms with van der Waals surface area (Å²) in [7, 11) is 0. The van der Waals surface area contributed by atoms with E-state index in [-0.39, 0.29) is 11.9 Å². The van der Waals surface area contributed by atoms with Crippen molar-refractivity contribution in [3.8, 4) is 11.4 Å². The predicted molar refractivity (Wildman–Crippen MR) is 117 cm³/mol. The van der Waals surface area contributed by atoms with Crippen LogP contribution >= 0.6 is 0 Å². The Balaban J connectivity index is 1.24. The van der Waals surface area contributed by atoms with Crippen LogP contribution in [0.4, 0.5) is 4.39 Å². The minimum Gasteiger partial charge on any atom is -0.335 e. The van der Waals surface area contributed by atoms with Crippen LogP contribution in [0.15, 0.2) is 61.1 Å². The van der Waals surface area contributed by atoms with Gasteiger partial charge in [-0.25, -0.2) is 24.4 Å². The van der Waals surface area contributed by atoms with E-state index in [0.29, 0.717) is 34.2 Å². The number of aromatic amines is 1. The zero-order valence-electron chi connectivity index (χ0n) is 17.3. The molecule has 4 aromatic rings. The molecule has 0 spiro atoms. The molecule has 1 N–H and O–H groups in total. The molecule has 8 heteroatoms. The molecule has 0 radical (unpaired) electrons. The lowest BCUT2D eigenvalue weighted by Crippen LogP contribution is -2.42. The normalized spacial score (nSPS) is 22.0. The van der Waals surface area contributed by atoms with E-state index in [1.54, 1.807) is 18.3 Å². The molecule has 0 aliphatic carbocycles. The summed E-state index contributed by atoms with van der Waals surface area (Å²) >= 11 is 0. The summed E-state index contributed by atoms with van der Waals surface area (Å²) in [5.74, 6) is -0.279. The monoisotopic (exact) mass is 428 g/mol. The van der Waals surface area contributed by atoms with Crippen LogP contribution in [0.3, 0.4) is 0 Å². The van der Waals surface area contributed by atoms with Gasteiger partial charge in [-0.15, -0.1) is 0 Å². The van der Waals surface area contributed by atoms with Gasteiger partial charge in [0, 0.05) is 18.2 Å². The third-order valence-corrected chi connectivity index (χ3v) is 6.44. The molecule has 2 fully saturated rings. The molecule has 6 rings (SSSR count). The zero-order valence-corrected chi connectivity index (χ0v) is 17.3. The van der Waals surface area contributed by atoms with E-state index in [0.717, 1.165) is 25.8 Å². The number of piperidine rings is 1. The molecular formula is C24H21FN6O. The number of benzene rings is 2. The second-order valence-electron chi connectivity index (χ2n) is 8.37. The third-order valence-electron chi connectivity index (χ3n) is 6.44. The second-order valence-corrected chi connectivity index (χ2v) is 8.37. The number of carbonyl (C=O) groups is 1. The van der Waals surface area contributed by atoms with Gasteiger partial charge in [0.1, 0.15) is 23.5 Å². The first-order valence-electron chi connectivity index (χ1n) is 10.8. The van der Waals surface area contributed by atoms with E-state index in [2.05, 4.69) is 37.1 Å². The van der Waals surface area contributed by atoms with Gasteiger partial charge in [0.2, 0.25) is 0 Å². The van der Waals surface area contributed by atoms with E-state index in [1.807, 2.05) is 23.2 Å². The van der Waals surface area contributed by atoms with E-state index in [1.165, 1.54) is 18.0 Å². The highest BCUT2D eigenvalue weighted by atomic mass is 19.1. The van der Waals surface area contributed by atoms with Gasteiger partial charge in [-0.05, 0) is 43.0 Å². The summed E-state index contributed by atoms with van der Waals surface area (Å²) in [6, 6.07) is 15.4. The van der Waals surface area contributed by atoms with Crippen molar-refractivity contribution in [2.75, 3.05) is 6.54 Å². The molecule has 2 aromatic heterocycles. The van der Waals surface area contributed by atoms with E-state index in [9.17, 15) is 4.79 Å². The topological polar surface area (TPSA) is 78.0 Å². The van der Waals surface area contributed by atoms with Crippen molar-refractivity contribution < 1.29 is 9.18 Å². The van der Waals surface area contributed by atoms with Crippen LogP contribution in [-0.2, 0) is 6.42 Å². The van der Waals surface area contributed by atoms with Gasteiger partial charge in [-0.1, -0.05) is 30.3 Å². The summed E-state index contributed by atoms with van der Waals surface area (Å²) in [4.78, 5) is 28.7. The summed E-state index contributed by atoms with van der Waals surface area (Å²) in [6.07, 6.45) is 5.80. The maximum Gasteiger partial charge on any atom is 0.268 e. The van der Waals surface area contributed by atoms with Crippen molar-refractivity contribution in [2.45, 2.75) is 31.3 Å². The van der Waals surface area contributed by atoms with Gasteiger partial charge >= 0.3 is 0 Å². The number of fused-ring (bicyclic) bond motifs is 3. The van der Waals surface area contributed by atoms with Crippen LogP contribution in [0.1, 0.15) is 28.8 Å². The Labute approximate surface area is 183 Å². The Morgan fingerprint density at radius 1 is 1.19 bits per heavy atom. The van der Waals surface area contributed by atoms with Crippen molar-refractivity contribution in [3.63, 3.8) is 0 Å². The molecule has 3 atom stereocenters. The molecule has 2 aliphatic rings. The maximum absolute atomic E-state index is 15.0. The van der Waals surface area contributed by atoms with Crippen LogP contribution in [0, 0.1) is 5.82 Å². The molecule has 4 heterocycles. The van der Waals surface area contributed by atoms with Gasteiger partial charge in [-0.3, -0.25) is 9.80 Å². The van der Waals surface area contributed by atoms with Crippen molar-refractivity contribution in [1.29, 1.82) is 0 Å². The number of amides is 1. The van der Waals surface area contributed by atoms with Gasteiger partial charge in [0.05, 0.1) is 17.8 Å². The Hall–Kier alpha value is -3.65. The number of halogens is 1. The SMILES string of the molecule is O=C(c1ccc(-c2nc3ncncc3[nH]2)c(F)c1)N1C2CCN1C(Cc1ccccc1)C2. The average Bonchev–Trinajstić information content (AvgIpc) is 3.51. The number of aromatic nitrogens is 4. The fraction of sp³-hybridized carbons (Fsp3) is 0.250. The first kappa shape index (κ1) is 19.1. The Kier molecular flexibility index (Phi) is 4.46. The van der Waals surface area contributed by atoms with Gasteiger partial charge < -0.3 is 4.98 Å². The molecule has 2 aliphatic heterocycles. The first-order valence-corrected chi connectivity index (χ1v) is 10.8. The van der Waals surface area contributed by atoms with Gasteiger partial charge in [-0.2, -0.15) is 0 Å². The number of nitrogens with zero attached hydrogens (tertiary/aromatic N) is 5. The number of hydrogen-bond acceptors (Lipinski definition) is 5. The van der Waals surface area contributed by atoms with Crippen LogP contribution < -0.4 is 0 Å². The lowest BCUT2D eigenvalue weighted by molar-refractivity contribution is 0.0197. The molecule has 160 valence electrons. The van der Waals surface area contributed by atoms with Crippen LogP contribution in [0.2, 0.25) is 0 Å². The van der Waals surface area contributed by atoms with E-state index >= 15 is 4.39 Å². The average molecular weight is 428 g/mol. The molecular weight excluding hydrogens is 407 g/mol. The fourth-order valence-electron chi connectivity index (χ4n) is 4.95. The number of imidazole rings is 1. The fourth-order valence-corrected chi connectivity index (χ4v) is 4.95. The summed E-state index contributed by atoms with van der Waals surface area (Å²) in [6.45, 7) is 0.856. The van der Waals surface area contributed by atoms with Crippen LogP contribution in [0.5, 0.6) is 0 Å². The highest BCUT2D eigenvalue weighted by Crippen LogP contribution is 2.37. The van der Waals surface area contributed by atoms with E-state index < -0.39 is 5.82 Å². The number of hydrogen-bond donors (Lipinski definition) is 1. The Bertz CT molecular complexity index is 1270. The number of hydrazine groups is 1. The van der Waals surface area contributed by atoms with Crippen molar-refractivity contribution in [1.82, 2.24) is 30.0 Å². The number of carbonyl (C=O) groups excluding carboxylic acids is 1. The largest absolute Gasteiger partial charge is 0.335 e. The van der Waals surface area contributed by atoms with Gasteiger partial charge in [0.25, 0.3) is 5.91 Å². The molecule has 7 nitrogen and oxygen atoms in total. The van der Waals surface area contributed by atoms with Crippen molar-refractivity contribution in [2.24, 2.45) is 0 Å². The van der Waals surface area contributed by atoms with E-state index in [4.69, 9.17) is 0 Å². The highest BCUT2D eigenvalue weighted by Gasteiger charge is 2.47. The highest BCUT2D eigenvalue weighted by molar-refractivity contribution is 5.95. The minimum absolute atomic E-state index is 0.149. The number of rotatable bonds is 4. The third kappa shape index (κ3) is 3.15. The molecule has 2 saturated heterocycles. The molecule has 1 amide bonds. The van der Waals surface area contributed by atoms with Crippen LogP contribution in [-0.4, -0.2) is 54.5 Å². The number of H-pyrrole nitrogens is 1. The lowest BCUT2D eigenvalue weighted by atomic mass is 9.97.